The summed E-state index contributed by atoms with van der Waals surface area (Å²) in [6.07, 6.45) is -0.123. The SMILES string of the molecule is CCOc1ccc(Cl)c(/C(O)=C2\C(=O)C(=O)N(CCN(C)C)C2c2ccccc2OC(C)C)c1. The summed E-state index contributed by atoms with van der Waals surface area (Å²) in [7, 11) is 3.78. The van der Waals surface area contributed by atoms with Gasteiger partial charge in [0.2, 0.25) is 0 Å². The maximum atomic E-state index is 13.3. The van der Waals surface area contributed by atoms with E-state index < -0.39 is 17.7 Å². The molecule has 182 valence electrons. The number of Topliss-reactive ketones (excluding diaryl/α,β-unsaturated/α-hetero) is 1. The molecule has 34 heavy (non-hydrogen) atoms. The molecule has 1 aliphatic heterocycles. The molecule has 1 atom stereocenters. The van der Waals surface area contributed by atoms with Crippen molar-refractivity contribution in [2.45, 2.75) is 32.9 Å². The predicted octanol–water partition coefficient (Wildman–Crippen LogP) is 4.51. The van der Waals surface area contributed by atoms with E-state index in [0.717, 1.165) is 0 Å². The van der Waals surface area contributed by atoms with Crippen molar-refractivity contribution in [1.29, 1.82) is 0 Å². The normalized spacial score (nSPS) is 17.6. The second-order valence-corrected chi connectivity index (χ2v) is 8.98. The molecule has 0 saturated carbocycles. The summed E-state index contributed by atoms with van der Waals surface area (Å²) >= 11 is 6.40. The molecule has 0 aliphatic carbocycles. The first kappa shape index (κ1) is 25.6. The first-order chi connectivity index (χ1) is 16.1. The number of benzene rings is 2. The number of carbonyl (C=O) groups is 2. The summed E-state index contributed by atoms with van der Waals surface area (Å²) in [6.45, 7) is 6.91. The van der Waals surface area contributed by atoms with Gasteiger partial charge in [0.25, 0.3) is 11.7 Å². The molecule has 1 N–H and O–H groups in total. The predicted molar refractivity (Wildman–Crippen MR) is 132 cm³/mol. The molecular formula is C26H31ClN2O5. The van der Waals surface area contributed by atoms with Gasteiger partial charge >= 0.3 is 0 Å². The third kappa shape index (κ3) is 5.37. The van der Waals surface area contributed by atoms with Crippen LogP contribution in [0.5, 0.6) is 11.5 Å². The van der Waals surface area contributed by atoms with E-state index in [-0.39, 0.29) is 28.0 Å². The number of nitrogens with zero attached hydrogens (tertiary/aromatic N) is 2. The van der Waals surface area contributed by atoms with E-state index in [1.807, 2.05) is 58.0 Å². The topological polar surface area (TPSA) is 79.3 Å². The smallest absolute Gasteiger partial charge is 0.295 e. The number of rotatable bonds is 9. The van der Waals surface area contributed by atoms with Crippen molar-refractivity contribution in [3.63, 3.8) is 0 Å². The molecular weight excluding hydrogens is 456 g/mol. The fraction of sp³-hybridized carbons (Fsp3) is 0.385. The number of ketones is 1. The summed E-state index contributed by atoms with van der Waals surface area (Å²) < 4.78 is 11.5. The molecule has 0 radical (unpaired) electrons. The highest BCUT2D eigenvalue weighted by atomic mass is 35.5. The van der Waals surface area contributed by atoms with Crippen LogP contribution in [0.15, 0.2) is 48.0 Å². The zero-order valence-corrected chi connectivity index (χ0v) is 20.9. The Bertz CT molecular complexity index is 1100. The van der Waals surface area contributed by atoms with E-state index in [0.29, 0.717) is 36.8 Å². The van der Waals surface area contributed by atoms with Gasteiger partial charge in [0.05, 0.1) is 29.3 Å². The summed E-state index contributed by atoms with van der Waals surface area (Å²) in [4.78, 5) is 29.8. The Morgan fingerprint density at radius 1 is 1.18 bits per heavy atom. The third-order valence-electron chi connectivity index (χ3n) is 5.41. The van der Waals surface area contributed by atoms with Gasteiger partial charge in [0, 0.05) is 24.2 Å². The highest BCUT2D eigenvalue weighted by Gasteiger charge is 2.47. The molecule has 1 amide bonds. The van der Waals surface area contributed by atoms with E-state index in [2.05, 4.69) is 0 Å². The lowest BCUT2D eigenvalue weighted by atomic mass is 9.94. The fourth-order valence-electron chi connectivity index (χ4n) is 3.90. The highest BCUT2D eigenvalue weighted by molar-refractivity contribution is 6.47. The zero-order chi connectivity index (χ0) is 25.0. The molecule has 7 nitrogen and oxygen atoms in total. The van der Waals surface area contributed by atoms with Crippen molar-refractivity contribution >= 4 is 29.1 Å². The fourth-order valence-corrected chi connectivity index (χ4v) is 4.10. The van der Waals surface area contributed by atoms with Crippen LogP contribution in [-0.2, 0) is 9.59 Å². The molecule has 1 aliphatic rings. The number of halogens is 1. The molecule has 1 unspecified atom stereocenters. The van der Waals surface area contributed by atoms with Gasteiger partial charge in [0.1, 0.15) is 17.3 Å². The van der Waals surface area contributed by atoms with Crippen molar-refractivity contribution in [2.24, 2.45) is 0 Å². The largest absolute Gasteiger partial charge is 0.507 e. The Morgan fingerprint density at radius 3 is 2.53 bits per heavy atom. The van der Waals surface area contributed by atoms with E-state index in [1.54, 1.807) is 24.3 Å². The number of ether oxygens (including phenoxy) is 2. The zero-order valence-electron chi connectivity index (χ0n) is 20.2. The van der Waals surface area contributed by atoms with Crippen LogP contribution in [0.2, 0.25) is 5.02 Å². The number of para-hydroxylation sites is 1. The van der Waals surface area contributed by atoms with Crippen molar-refractivity contribution in [1.82, 2.24) is 9.80 Å². The van der Waals surface area contributed by atoms with Crippen molar-refractivity contribution < 1.29 is 24.2 Å². The number of hydrogen-bond donors (Lipinski definition) is 1. The Balaban J connectivity index is 2.23. The van der Waals surface area contributed by atoms with E-state index in [4.69, 9.17) is 21.1 Å². The number of amides is 1. The molecule has 0 spiro atoms. The van der Waals surface area contributed by atoms with E-state index >= 15 is 0 Å². The molecule has 2 aromatic rings. The Labute approximate surface area is 205 Å². The number of likely N-dealkylation sites (tertiary alicyclic amines) is 1. The van der Waals surface area contributed by atoms with Gasteiger partial charge in [-0.3, -0.25) is 9.59 Å². The van der Waals surface area contributed by atoms with Crippen LogP contribution in [-0.4, -0.2) is 66.5 Å². The Kier molecular flexibility index (Phi) is 8.23. The molecule has 1 saturated heterocycles. The average molecular weight is 487 g/mol. The van der Waals surface area contributed by atoms with Crippen molar-refractivity contribution in [2.75, 3.05) is 33.8 Å². The molecule has 1 fully saturated rings. The number of aliphatic hydroxyl groups is 1. The first-order valence-corrected chi connectivity index (χ1v) is 11.6. The summed E-state index contributed by atoms with van der Waals surface area (Å²) in [5, 5.41) is 11.6. The second kappa shape index (κ2) is 10.9. The van der Waals surface area contributed by atoms with E-state index in [9.17, 15) is 14.7 Å². The standard InChI is InChI=1S/C26H31ClN2O5/c1-6-33-17-11-12-20(27)19(15-17)24(30)22-23(18-9-7-8-10-21(18)34-16(2)3)29(14-13-28(4)5)26(32)25(22)31/h7-12,15-16,23,30H,6,13-14H2,1-5H3/b24-22+. The third-order valence-corrected chi connectivity index (χ3v) is 5.74. The lowest BCUT2D eigenvalue weighted by Gasteiger charge is -2.28. The van der Waals surface area contributed by atoms with Crippen LogP contribution in [0.3, 0.4) is 0 Å². The Morgan fingerprint density at radius 2 is 1.88 bits per heavy atom. The van der Waals surface area contributed by atoms with Gasteiger partial charge < -0.3 is 24.4 Å². The van der Waals surface area contributed by atoms with Gasteiger partial charge in [-0.25, -0.2) is 0 Å². The van der Waals surface area contributed by atoms with Gasteiger partial charge in [-0.15, -0.1) is 0 Å². The summed E-state index contributed by atoms with van der Waals surface area (Å²) in [6, 6.07) is 11.3. The molecule has 0 bridgehead atoms. The number of hydrogen-bond acceptors (Lipinski definition) is 6. The molecule has 3 rings (SSSR count). The van der Waals surface area contributed by atoms with Crippen LogP contribution < -0.4 is 9.47 Å². The minimum atomic E-state index is -0.832. The quantitative estimate of drug-likeness (QED) is 0.319. The minimum Gasteiger partial charge on any atom is -0.507 e. The van der Waals surface area contributed by atoms with Gasteiger partial charge in [-0.1, -0.05) is 29.8 Å². The number of aliphatic hydroxyl groups excluding tert-OH is 1. The molecule has 0 aromatic heterocycles. The summed E-state index contributed by atoms with van der Waals surface area (Å²) in [5.74, 6) is -0.750. The van der Waals surface area contributed by atoms with Crippen LogP contribution in [0.25, 0.3) is 5.76 Å². The van der Waals surface area contributed by atoms with Gasteiger partial charge in [-0.2, -0.15) is 0 Å². The minimum absolute atomic E-state index is 0.0286. The van der Waals surface area contributed by atoms with Crippen LogP contribution in [0.4, 0.5) is 0 Å². The van der Waals surface area contributed by atoms with Crippen LogP contribution >= 0.6 is 11.6 Å². The number of likely N-dealkylation sites (N-methyl/N-ethyl adjacent to an activating group) is 1. The molecule has 8 heteroatoms. The average Bonchev–Trinajstić information content (AvgIpc) is 3.03. The van der Waals surface area contributed by atoms with Crippen molar-refractivity contribution in [3.8, 4) is 11.5 Å². The maximum absolute atomic E-state index is 13.3. The second-order valence-electron chi connectivity index (χ2n) is 8.57. The Hall–Kier alpha value is -3.03. The number of carbonyl (C=O) groups excluding carboxylic acids is 2. The lowest BCUT2D eigenvalue weighted by molar-refractivity contribution is -0.140. The van der Waals surface area contributed by atoms with Gasteiger partial charge in [-0.05, 0) is 59.1 Å². The van der Waals surface area contributed by atoms with Crippen LogP contribution in [0, 0.1) is 0 Å². The highest BCUT2D eigenvalue weighted by Crippen LogP contribution is 2.43. The molecule has 1 heterocycles. The lowest BCUT2D eigenvalue weighted by Crippen LogP contribution is -2.35. The monoisotopic (exact) mass is 486 g/mol. The first-order valence-electron chi connectivity index (χ1n) is 11.3. The van der Waals surface area contributed by atoms with Gasteiger partial charge in [0.15, 0.2) is 0 Å². The van der Waals surface area contributed by atoms with E-state index in [1.165, 1.54) is 4.90 Å². The van der Waals surface area contributed by atoms with Crippen LogP contribution in [0.1, 0.15) is 37.9 Å². The summed E-state index contributed by atoms with van der Waals surface area (Å²) in [5.41, 5.74) is 0.817. The van der Waals surface area contributed by atoms with Crippen molar-refractivity contribution in [3.05, 3.63) is 64.2 Å². The molecule has 2 aromatic carbocycles. The maximum Gasteiger partial charge on any atom is 0.295 e.